The van der Waals surface area contributed by atoms with Crippen molar-refractivity contribution in [2.75, 3.05) is 0 Å². The third-order valence-corrected chi connectivity index (χ3v) is 10.6. The van der Waals surface area contributed by atoms with E-state index >= 15 is 0 Å². The minimum Gasteiger partial charge on any atom is -0.458 e. The molecule has 0 heterocycles. The maximum Gasteiger partial charge on any atom is 0.338 e. The van der Waals surface area contributed by atoms with Crippen LogP contribution in [0.1, 0.15) is 76.1 Å². The van der Waals surface area contributed by atoms with Crippen molar-refractivity contribution in [1.29, 1.82) is 0 Å². The molecule has 192 valence electrons. The second-order valence-corrected chi connectivity index (χ2v) is 11.9. The van der Waals surface area contributed by atoms with Crippen molar-refractivity contribution < 1.29 is 35.1 Å². The Morgan fingerprint density at radius 3 is 2.43 bits per heavy atom. The van der Waals surface area contributed by atoms with Crippen LogP contribution in [0.2, 0.25) is 0 Å². The average Bonchev–Trinajstić information content (AvgIpc) is 3.06. The lowest BCUT2D eigenvalue weighted by molar-refractivity contribution is -0.324. The van der Waals surface area contributed by atoms with Crippen LogP contribution in [0.15, 0.2) is 42.0 Å². The van der Waals surface area contributed by atoms with Crippen LogP contribution < -0.4 is 0 Å². The number of rotatable bonds is 3. The number of carbonyl (C=O) groups is 1. The van der Waals surface area contributed by atoms with E-state index < -0.39 is 57.8 Å². The first-order valence-corrected chi connectivity index (χ1v) is 12.8. The number of aliphatic hydroxyl groups excluding tert-OH is 2. The van der Waals surface area contributed by atoms with Crippen LogP contribution in [0.5, 0.6) is 0 Å². The summed E-state index contributed by atoms with van der Waals surface area (Å²) in [4.78, 5) is 13.2. The molecular weight excluding hydrogens is 448 g/mol. The summed E-state index contributed by atoms with van der Waals surface area (Å²) < 4.78 is 6.10. The molecule has 0 aliphatic heterocycles. The standard InChI is InChI=1S/C28H38O7/c1-17(29)26(32)13-14-28(34)25(26,3)22(35-23(31)18-7-5-4-6-8-18)16-21-24(2)11-10-20(30)15-19(24)9-12-27(21,28)33/h4-9,17,20-22,29-30,32-34H,10-16H2,1-3H3/t17-,20-,21+,22+,24-,25+,26+,27-,28+/m0/s1. The van der Waals surface area contributed by atoms with Gasteiger partial charge in [0, 0.05) is 5.92 Å². The molecule has 0 unspecified atom stereocenters. The fourth-order valence-corrected chi connectivity index (χ4v) is 8.28. The molecule has 3 saturated carbocycles. The summed E-state index contributed by atoms with van der Waals surface area (Å²) in [6.45, 7) is 5.19. The Hall–Kier alpha value is -1.77. The van der Waals surface area contributed by atoms with Gasteiger partial charge in [-0.1, -0.05) is 43.7 Å². The molecular formula is C28H38O7. The molecule has 1 aromatic carbocycles. The van der Waals surface area contributed by atoms with Crippen molar-refractivity contribution in [1.82, 2.24) is 0 Å². The Morgan fingerprint density at radius 2 is 1.77 bits per heavy atom. The first-order chi connectivity index (χ1) is 16.3. The van der Waals surface area contributed by atoms with Gasteiger partial charge in [-0.25, -0.2) is 4.79 Å². The fraction of sp³-hybridized carbons (Fsp3) is 0.679. The highest BCUT2D eigenvalue weighted by atomic mass is 16.5. The fourth-order valence-electron chi connectivity index (χ4n) is 8.28. The van der Waals surface area contributed by atoms with Crippen molar-refractivity contribution in [3.8, 4) is 0 Å². The number of benzene rings is 1. The zero-order chi connectivity index (χ0) is 25.4. The van der Waals surface area contributed by atoms with Gasteiger partial charge < -0.3 is 30.3 Å². The molecule has 0 bridgehead atoms. The van der Waals surface area contributed by atoms with Gasteiger partial charge in [0.05, 0.1) is 23.2 Å². The summed E-state index contributed by atoms with van der Waals surface area (Å²) in [6.07, 6.45) is 1.64. The Balaban J connectivity index is 1.64. The topological polar surface area (TPSA) is 127 Å². The van der Waals surface area contributed by atoms with Gasteiger partial charge in [0.1, 0.15) is 22.9 Å². The molecule has 0 aromatic heterocycles. The lowest BCUT2D eigenvalue weighted by Crippen LogP contribution is -2.78. The molecule has 35 heavy (non-hydrogen) atoms. The van der Waals surface area contributed by atoms with Crippen LogP contribution in [-0.2, 0) is 4.74 Å². The minimum absolute atomic E-state index is 0.0675. The van der Waals surface area contributed by atoms with E-state index in [9.17, 15) is 30.3 Å². The number of hydrogen-bond donors (Lipinski definition) is 5. The summed E-state index contributed by atoms with van der Waals surface area (Å²) in [5, 5.41) is 57.6. The smallest absolute Gasteiger partial charge is 0.338 e. The van der Waals surface area contributed by atoms with Gasteiger partial charge in [0.25, 0.3) is 0 Å². The molecule has 1 aromatic rings. The summed E-state index contributed by atoms with van der Waals surface area (Å²) in [7, 11) is 0. The number of carbonyl (C=O) groups excluding carboxylic acids is 1. The highest BCUT2D eigenvalue weighted by molar-refractivity contribution is 5.89. The van der Waals surface area contributed by atoms with Gasteiger partial charge in [-0.15, -0.1) is 0 Å². The summed E-state index contributed by atoms with van der Waals surface area (Å²) >= 11 is 0. The van der Waals surface area contributed by atoms with Gasteiger partial charge in [-0.3, -0.25) is 0 Å². The second kappa shape index (κ2) is 7.86. The summed E-state index contributed by atoms with van der Waals surface area (Å²) in [5.74, 6) is -1.02. The van der Waals surface area contributed by atoms with E-state index in [1.807, 2.05) is 6.08 Å². The first-order valence-electron chi connectivity index (χ1n) is 12.8. The van der Waals surface area contributed by atoms with Crippen LogP contribution in [0.3, 0.4) is 0 Å². The Morgan fingerprint density at radius 1 is 1.09 bits per heavy atom. The molecule has 7 nitrogen and oxygen atoms in total. The summed E-state index contributed by atoms with van der Waals surface area (Å²) in [5.41, 5.74) is -5.75. The number of fused-ring (bicyclic) bond motifs is 5. The average molecular weight is 487 g/mol. The first kappa shape index (κ1) is 24.9. The van der Waals surface area contributed by atoms with Crippen LogP contribution in [0, 0.1) is 16.7 Å². The van der Waals surface area contributed by atoms with Crippen molar-refractivity contribution >= 4 is 5.97 Å². The van der Waals surface area contributed by atoms with Crippen LogP contribution >= 0.6 is 0 Å². The van der Waals surface area contributed by atoms with Gasteiger partial charge in [0.15, 0.2) is 0 Å². The van der Waals surface area contributed by atoms with Crippen LogP contribution in [0.4, 0.5) is 0 Å². The normalized spacial score (nSPS) is 47.7. The molecule has 4 aliphatic rings. The predicted octanol–water partition coefficient (Wildman–Crippen LogP) is 2.49. The molecule has 0 radical (unpaired) electrons. The Labute approximate surface area is 206 Å². The molecule has 5 rings (SSSR count). The number of ether oxygens (including phenoxy) is 1. The quantitative estimate of drug-likeness (QED) is 0.328. The molecule has 4 aliphatic carbocycles. The molecule has 0 spiro atoms. The van der Waals surface area contributed by atoms with E-state index in [1.54, 1.807) is 37.3 Å². The van der Waals surface area contributed by atoms with E-state index in [0.29, 0.717) is 24.8 Å². The molecule has 3 fully saturated rings. The van der Waals surface area contributed by atoms with Gasteiger partial charge in [0.2, 0.25) is 0 Å². The van der Waals surface area contributed by atoms with Crippen molar-refractivity contribution in [2.45, 2.75) is 101 Å². The van der Waals surface area contributed by atoms with Crippen molar-refractivity contribution in [3.05, 3.63) is 47.5 Å². The van der Waals surface area contributed by atoms with Gasteiger partial charge >= 0.3 is 5.97 Å². The SMILES string of the molecule is C[C@H](O)[C@]1(O)CC[C@@]2(O)[C@]1(C)[C@H](OC(=O)c1ccccc1)C[C@@H]1[C@@]3(C)CC[C@H](O)CC3=CC[C@]12O. The monoisotopic (exact) mass is 486 g/mol. The molecule has 7 heteroatoms. The van der Waals surface area contributed by atoms with Crippen LogP contribution in [-0.4, -0.2) is 66.6 Å². The summed E-state index contributed by atoms with van der Waals surface area (Å²) in [6, 6.07) is 8.58. The second-order valence-electron chi connectivity index (χ2n) is 11.9. The van der Waals surface area contributed by atoms with E-state index in [0.717, 1.165) is 5.57 Å². The third kappa shape index (κ3) is 3.05. The number of hydrogen-bond acceptors (Lipinski definition) is 7. The maximum absolute atomic E-state index is 13.2. The lowest BCUT2D eigenvalue weighted by Gasteiger charge is -2.67. The zero-order valence-electron chi connectivity index (χ0n) is 20.8. The van der Waals surface area contributed by atoms with E-state index in [2.05, 4.69) is 6.92 Å². The zero-order valence-corrected chi connectivity index (χ0v) is 20.8. The molecule has 0 saturated heterocycles. The van der Waals surface area contributed by atoms with Gasteiger partial charge in [-0.2, -0.15) is 0 Å². The Kier molecular flexibility index (Phi) is 5.59. The van der Waals surface area contributed by atoms with Gasteiger partial charge in [-0.05, 0) is 69.4 Å². The van der Waals surface area contributed by atoms with Crippen LogP contribution in [0.25, 0.3) is 0 Å². The Bertz CT molecular complexity index is 1040. The molecule has 0 amide bonds. The maximum atomic E-state index is 13.2. The van der Waals surface area contributed by atoms with E-state index in [-0.39, 0.29) is 25.7 Å². The predicted molar refractivity (Wildman–Crippen MR) is 128 cm³/mol. The number of esters is 1. The highest BCUT2D eigenvalue weighted by Crippen LogP contribution is 2.71. The largest absolute Gasteiger partial charge is 0.458 e. The van der Waals surface area contributed by atoms with Crippen molar-refractivity contribution in [3.63, 3.8) is 0 Å². The highest BCUT2D eigenvalue weighted by Gasteiger charge is 2.81. The molecule has 9 atom stereocenters. The van der Waals surface area contributed by atoms with E-state index in [1.165, 1.54) is 6.92 Å². The van der Waals surface area contributed by atoms with E-state index in [4.69, 9.17) is 4.74 Å². The minimum atomic E-state index is -1.81. The van der Waals surface area contributed by atoms with Crippen molar-refractivity contribution in [2.24, 2.45) is 16.7 Å². The number of aliphatic hydroxyl groups is 5. The lowest BCUT2D eigenvalue weighted by atomic mass is 9.42. The third-order valence-electron chi connectivity index (χ3n) is 10.6. The molecule has 5 N–H and O–H groups in total.